The number of oxazole rings is 1. The lowest BCUT2D eigenvalue weighted by Crippen LogP contribution is -2.25. The van der Waals surface area contributed by atoms with Gasteiger partial charge in [-0.1, -0.05) is 25.6 Å². The molecule has 4 N–H and O–H groups in total. The lowest BCUT2D eigenvalue weighted by molar-refractivity contribution is 0.0599. The summed E-state index contributed by atoms with van der Waals surface area (Å²) in [5.41, 5.74) is 8.88. The average Bonchev–Trinajstić information content (AvgIpc) is 3.56. The first-order valence-electron chi connectivity index (χ1n) is 11.2. The molecular weight excluding hydrogens is 506 g/mol. The summed E-state index contributed by atoms with van der Waals surface area (Å²) >= 11 is 0. The van der Waals surface area contributed by atoms with E-state index in [-0.39, 0.29) is 37.1 Å². The summed E-state index contributed by atoms with van der Waals surface area (Å²) in [6, 6.07) is 13.6. The van der Waals surface area contributed by atoms with Crippen molar-refractivity contribution in [2.45, 2.75) is 27.4 Å². The topological polar surface area (TPSA) is 188 Å². The Balaban J connectivity index is 0.000000274. The molecule has 2 aromatic carbocycles. The zero-order valence-corrected chi connectivity index (χ0v) is 20.4. The number of carbonyl (C=O) groups is 3. The number of aromatic nitrogens is 5. The van der Waals surface area contributed by atoms with Crippen LogP contribution in [0.3, 0.4) is 0 Å². The summed E-state index contributed by atoms with van der Waals surface area (Å²) in [7, 11) is 1.36. The maximum atomic E-state index is 12.4. The number of fused-ring (bicyclic) bond motifs is 2. The van der Waals surface area contributed by atoms with Gasteiger partial charge in [-0.15, -0.1) is 0 Å². The van der Waals surface area contributed by atoms with E-state index in [4.69, 9.17) is 10.2 Å². The van der Waals surface area contributed by atoms with Crippen LogP contribution in [0.25, 0.3) is 16.9 Å². The Labute approximate surface area is 222 Å². The van der Waals surface area contributed by atoms with Gasteiger partial charge in [0.1, 0.15) is 17.5 Å². The number of esters is 1. The number of amides is 1. The van der Waals surface area contributed by atoms with E-state index >= 15 is 0 Å². The Bertz CT molecular complexity index is 1630. The first kappa shape index (κ1) is 28.4. The molecule has 0 aliphatic rings. The molecule has 5 rings (SSSR count). The minimum atomic E-state index is -1.23. The molecule has 0 saturated carbocycles. The van der Waals surface area contributed by atoms with E-state index in [2.05, 4.69) is 30.1 Å². The standard InChI is InChI=1S/C16H12N6O4.C9H11NO2.CH4/c1-8-20-10-4-9(2-3-13(10)26-8)6-17-14(23)11-5-12(15(24)25)22-16(21-11)18-7-19-22;1-12-9(11)8-4-2-7(6-10)3-5-8;/h2-5,7H,6H2,1H3,(H,17,23)(H,24,25);2-5H,6,10H2,1H3;1H4. The quantitative estimate of drug-likeness (QED) is 0.272. The van der Waals surface area contributed by atoms with E-state index in [1.807, 2.05) is 24.3 Å². The Morgan fingerprint density at radius 1 is 1.08 bits per heavy atom. The molecule has 202 valence electrons. The molecule has 0 saturated heterocycles. The average molecular weight is 534 g/mol. The van der Waals surface area contributed by atoms with Crippen LogP contribution in [-0.4, -0.2) is 54.6 Å². The number of nitrogens with two attached hydrogens (primary N) is 1. The highest BCUT2D eigenvalue weighted by Gasteiger charge is 2.17. The molecule has 0 radical (unpaired) electrons. The van der Waals surface area contributed by atoms with Crippen molar-refractivity contribution in [2.24, 2.45) is 5.73 Å². The molecule has 13 nitrogen and oxygen atoms in total. The van der Waals surface area contributed by atoms with E-state index in [9.17, 15) is 19.5 Å². The Morgan fingerprint density at radius 3 is 2.46 bits per heavy atom. The zero-order valence-electron chi connectivity index (χ0n) is 20.4. The summed E-state index contributed by atoms with van der Waals surface area (Å²) in [5.74, 6) is -1.47. The lowest BCUT2D eigenvalue weighted by atomic mass is 10.1. The van der Waals surface area contributed by atoms with Gasteiger partial charge in [0.25, 0.3) is 11.7 Å². The van der Waals surface area contributed by atoms with E-state index in [1.165, 1.54) is 13.4 Å². The monoisotopic (exact) mass is 533 g/mol. The first-order valence-corrected chi connectivity index (χ1v) is 11.2. The highest BCUT2D eigenvalue weighted by Crippen LogP contribution is 2.17. The van der Waals surface area contributed by atoms with E-state index in [0.717, 1.165) is 21.7 Å². The fourth-order valence-electron chi connectivity index (χ4n) is 3.45. The molecular formula is C26H27N7O6. The van der Waals surface area contributed by atoms with Crippen LogP contribution < -0.4 is 11.1 Å². The molecule has 1 amide bonds. The Morgan fingerprint density at radius 2 is 1.79 bits per heavy atom. The number of carboxylic acid groups (broad SMARTS) is 1. The predicted octanol–water partition coefficient (Wildman–Crippen LogP) is 2.77. The Hall–Kier alpha value is -5.17. The zero-order chi connectivity index (χ0) is 27.2. The van der Waals surface area contributed by atoms with Crippen molar-refractivity contribution in [3.63, 3.8) is 0 Å². The second kappa shape index (κ2) is 12.4. The number of aryl methyl sites for hydroxylation is 1. The van der Waals surface area contributed by atoms with Gasteiger partial charge < -0.3 is 25.3 Å². The van der Waals surface area contributed by atoms with Gasteiger partial charge in [-0.3, -0.25) is 4.79 Å². The molecule has 0 aliphatic heterocycles. The van der Waals surface area contributed by atoms with Crippen molar-refractivity contribution < 1.29 is 28.6 Å². The molecule has 3 aromatic heterocycles. The van der Waals surface area contributed by atoms with Crippen molar-refractivity contribution in [3.05, 3.63) is 88.8 Å². The first-order chi connectivity index (χ1) is 18.3. The van der Waals surface area contributed by atoms with Crippen LogP contribution in [-0.2, 0) is 17.8 Å². The molecule has 0 spiro atoms. The van der Waals surface area contributed by atoms with Crippen molar-refractivity contribution >= 4 is 34.7 Å². The van der Waals surface area contributed by atoms with Crippen LogP contribution in [0, 0.1) is 6.92 Å². The Kier molecular flexibility index (Phi) is 9.02. The van der Waals surface area contributed by atoms with Crippen LogP contribution in [0.5, 0.6) is 0 Å². The van der Waals surface area contributed by atoms with Gasteiger partial charge in [0.2, 0.25) is 0 Å². The van der Waals surface area contributed by atoms with Gasteiger partial charge in [-0.05, 0) is 35.4 Å². The maximum Gasteiger partial charge on any atom is 0.354 e. The number of ether oxygens (including phenoxy) is 1. The fraction of sp³-hybridized carbons (Fsp3) is 0.192. The number of aromatic carboxylic acids is 1. The van der Waals surface area contributed by atoms with Crippen molar-refractivity contribution in [1.82, 2.24) is 29.9 Å². The van der Waals surface area contributed by atoms with Crippen LogP contribution in [0.2, 0.25) is 0 Å². The summed E-state index contributed by atoms with van der Waals surface area (Å²) in [6.07, 6.45) is 1.17. The third kappa shape index (κ3) is 6.59. The third-order valence-corrected chi connectivity index (χ3v) is 5.33. The third-order valence-electron chi connectivity index (χ3n) is 5.33. The summed E-state index contributed by atoms with van der Waals surface area (Å²) in [4.78, 5) is 46.8. The second-order valence-electron chi connectivity index (χ2n) is 7.91. The lowest BCUT2D eigenvalue weighted by Gasteiger charge is -2.06. The molecule has 0 aliphatic carbocycles. The van der Waals surface area contributed by atoms with Gasteiger partial charge in [0.05, 0.1) is 12.7 Å². The molecule has 5 aromatic rings. The molecule has 0 fully saturated rings. The number of benzene rings is 2. The van der Waals surface area contributed by atoms with E-state index in [1.54, 1.807) is 25.1 Å². The van der Waals surface area contributed by atoms with Crippen LogP contribution in [0.4, 0.5) is 0 Å². The van der Waals surface area contributed by atoms with Gasteiger partial charge in [0.15, 0.2) is 17.2 Å². The number of hydrogen-bond donors (Lipinski definition) is 3. The number of nitrogens with zero attached hydrogens (tertiary/aromatic N) is 5. The molecule has 3 heterocycles. The second-order valence-corrected chi connectivity index (χ2v) is 7.91. The minimum Gasteiger partial charge on any atom is -0.477 e. The van der Waals surface area contributed by atoms with Crippen LogP contribution in [0.1, 0.15) is 55.8 Å². The number of methoxy groups -OCH3 is 1. The number of carbonyl (C=O) groups excluding carboxylic acids is 2. The number of rotatable bonds is 6. The largest absolute Gasteiger partial charge is 0.477 e. The summed E-state index contributed by atoms with van der Waals surface area (Å²) in [6.45, 7) is 2.47. The molecule has 13 heteroatoms. The van der Waals surface area contributed by atoms with Gasteiger partial charge in [-0.25, -0.2) is 19.6 Å². The normalized spacial score (nSPS) is 10.3. The fourth-order valence-corrected chi connectivity index (χ4v) is 3.45. The van der Waals surface area contributed by atoms with E-state index in [0.29, 0.717) is 29.1 Å². The molecule has 0 bridgehead atoms. The van der Waals surface area contributed by atoms with Crippen molar-refractivity contribution in [2.75, 3.05) is 7.11 Å². The molecule has 0 atom stereocenters. The number of nitrogens with one attached hydrogen (secondary N) is 1. The summed E-state index contributed by atoms with van der Waals surface area (Å²) in [5, 5.41) is 15.7. The highest BCUT2D eigenvalue weighted by atomic mass is 16.5. The smallest absolute Gasteiger partial charge is 0.354 e. The molecule has 39 heavy (non-hydrogen) atoms. The maximum absolute atomic E-state index is 12.4. The van der Waals surface area contributed by atoms with Gasteiger partial charge in [0, 0.05) is 26.1 Å². The van der Waals surface area contributed by atoms with Gasteiger partial charge >= 0.3 is 11.9 Å². The van der Waals surface area contributed by atoms with Crippen LogP contribution >= 0.6 is 0 Å². The van der Waals surface area contributed by atoms with Gasteiger partial charge in [-0.2, -0.15) is 14.6 Å². The minimum absolute atomic E-state index is 0. The van der Waals surface area contributed by atoms with Crippen LogP contribution in [0.15, 0.2) is 59.3 Å². The van der Waals surface area contributed by atoms with Crippen molar-refractivity contribution in [3.8, 4) is 0 Å². The van der Waals surface area contributed by atoms with Crippen molar-refractivity contribution in [1.29, 1.82) is 0 Å². The predicted molar refractivity (Wildman–Crippen MR) is 140 cm³/mol. The summed E-state index contributed by atoms with van der Waals surface area (Å²) < 4.78 is 11.0. The highest BCUT2D eigenvalue weighted by molar-refractivity contribution is 5.95. The van der Waals surface area contributed by atoms with E-state index < -0.39 is 11.9 Å². The number of hydrogen-bond acceptors (Lipinski definition) is 10. The number of carboxylic acids is 1. The SMILES string of the molecule is C.COC(=O)c1ccc(CN)cc1.Cc1nc2cc(CNC(=O)c3cc(C(=O)O)n4ncnc4n3)ccc2o1. The molecule has 0 unspecified atom stereocenters.